The molecule has 2 atom stereocenters. The fourth-order valence-corrected chi connectivity index (χ4v) is 3.73. The summed E-state index contributed by atoms with van der Waals surface area (Å²) in [6.07, 6.45) is 9.47. The molecule has 2 amide bonds. The van der Waals surface area contributed by atoms with Crippen LogP contribution in [0.15, 0.2) is 0 Å². The average Bonchev–Trinajstić information content (AvgIpc) is 2.70. The average molecular weight is 448 g/mol. The number of carboxylic acid groups (broad SMARTS) is 2. The highest BCUT2D eigenvalue weighted by molar-refractivity contribution is 7.99. The maximum Gasteiger partial charge on any atom is 0.322 e. The molecule has 30 heavy (non-hydrogen) atoms. The van der Waals surface area contributed by atoms with Gasteiger partial charge in [0.15, 0.2) is 0 Å². The standard InChI is InChI=1S/C20H37N3O6S/c1-2-3-4-5-6-7-8-9-12-30-14-16(19(27)22-13-18(25)26)23-17(24)11-10-15(21)20(28)29/h15-16H,2-14,21H2,1H3,(H,22,27)(H,23,24)(H,25,26)(H,28,29)/t15-,16+/m0/s1. The van der Waals surface area contributed by atoms with E-state index in [1.807, 2.05) is 0 Å². The van der Waals surface area contributed by atoms with Crippen LogP contribution in [0.3, 0.4) is 0 Å². The number of aliphatic carboxylic acids is 2. The number of amides is 2. The molecular weight excluding hydrogens is 410 g/mol. The van der Waals surface area contributed by atoms with Gasteiger partial charge in [0.2, 0.25) is 11.8 Å². The molecule has 0 aromatic heterocycles. The highest BCUT2D eigenvalue weighted by Gasteiger charge is 2.22. The largest absolute Gasteiger partial charge is 0.480 e. The number of nitrogens with one attached hydrogen (secondary N) is 2. The highest BCUT2D eigenvalue weighted by Crippen LogP contribution is 2.12. The van der Waals surface area contributed by atoms with Gasteiger partial charge >= 0.3 is 11.9 Å². The van der Waals surface area contributed by atoms with Crippen molar-refractivity contribution in [1.82, 2.24) is 10.6 Å². The summed E-state index contributed by atoms with van der Waals surface area (Å²) in [6, 6.07) is -2.02. The van der Waals surface area contributed by atoms with Crippen LogP contribution in [0, 0.1) is 0 Å². The maximum atomic E-state index is 12.2. The Bertz CT molecular complexity index is 533. The third-order valence-corrected chi connectivity index (χ3v) is 5.64. The van der Waals surface area contributed by atoms with Crippen LogP contribution in [0.4, 0.5) is 0 Å². The van der Waals surface area contributed by atoms with Crippen LogP contribution in [0.25, 0.3) is 0 Å². The van der Waals surface area contributed by atoms with Crippen LogP contribution in [-0.4, -0.2) is 64.1 Å². The zero-order valence-corrected chi connectivity index (χ0v) is 18.7. The topological polar surface area (TPSA) is 159 Å². The normalized spacial score (nSPS) is 12.7. The van der Waals surface area contributed by atoms with Crippen LogP contribution in [-0.2, 0) is 19.2 Å². The lowest BCUT2D eigenvalue weighted by molar-refractivity contribution is -0.139. The van der Waals surface area contributed by atoms with Gasteiger partial charge in [0, 0.05) is 12.2 Å². The molecule has 0 saturated carbocycles. The molecule has 0 aromatic rings. The molecule has 174 valence electrons. The van der Waals surface area contributed by atoms with Gasteiger partial charge in [-0.1, -0.05) is 51.9 Å². The Kier molecular flexibility index (Phi) is 16.9. The number of carboxylic acids is 2. The van der Waals surface area contributed by atoms with Crippen LogP contribution >= 0.6 is 11.8 Å². The van der Waals surface area contributed by atoms with Gasteiger partial charge in [0.05, 0.1) is 0 Å². The number of hydrogen-bond donors (Lipinski definition) is 5. The quantitative estimate of drug-likeness (QED) is 0.187. The Hall–Kier alpha value is -1.81. The molecule has 0 aliphatic carbocycles. The SMILES string of the molecule is CCCCCCCCCCSC[C@@H](NC(=O)CC[C@H](N)C(=O)O)C(=O)NCC(=O)O. The minimum Gasteiger partial charge on any atom is -0.480 e. The molecule has 0 aliphatic rings. The third-order valence-electron chi connectivity index (χ3n) is 4.49. The van der Waals surface area contributed by atoms with E-state index in [0.29, 0.717) is 5.75 Å². The van der Waals surface area contributed by atoms with Gasteiger partial charge in [-0.05, 0) is 18.6 Å². The first-order valence-electron chi connectivity index (χ1n) is 10.6. The van der Waals surface area contributed by atoms with Crippen molar-refractivity contribution in [1.29, 1.82) is 0 Å². The number of thioether (sulfide) groups is 1. The molecule has 10 heteroatoms. The van der Waals surface area contributed by atoms with Crippen LogP contribution in [0.5, 0.6) is 0 Å². The van der Waals surface area contributed by atoms with E-state index in [1.54, 1.807) is 0 Å². The van der Waals surface area contributed by atoms with E-state index < -0.39 is 42.4 Å². The van der Waals surface area contributed by atoms with Crippen molar-refractivity contribution in [3.63, 3.8) is 0 Å². The van der Waals surface area contributed by atoms with E-state index in [0.717, 1.165) is 18.6 Å². The second-order valence-corrected chi connectivity index (χ2v) is 8.41. The molecule has 0 saturated heterocycles. The summed E-state index contributed by atoms with van der Waals surface area (Å²) in [4.78, 5) is 45.6. The number of hydrogen-bond acceptors (Lipinski definition) is 6. The molecule has 0 spiro atoms. The zero-order chi connectivity index (χ0) is 22.8. The Morgan fingerprint density at radius 1 is 0.967 bits per heavy atom. The van der Waals surface area contributed by atoms with Gasteiger partial charge in [-0.2, -0.15) is 11.8 Å². The summed E-state index contributed by atoms with van der Waals surface area (Å²) in [5.41, 5.74) is 5.38. The van der Waals surface area contributed by atoms with Gasteiger partial charge in [-0.25, -0.2) is 0 Å². The zero-order valence-electron chi connectivity index (χ0n) is 17.9. The molecule has 0 aromatic carbocycles. The van der Waals surface area contributed by atoms with E-state index >= 15 is 0 Å². The first-order chi connectivity index (χ1) is 14.3. The maximum absolute atomic E-state index is 12.2. The van der Waals surface area contributed by atoms with Crippen LogP contribution < -0.4 is 16.4 Å². The lowest BCUT2D eigenvalue weighted by atomic mass is 10.1. The molecule has 0 radical (unpaired) electrons. The molecule has 0 bridgehead atoms. The smallest absolute Gasteiger partial charge is 0.322 e. The summed E-state index contributed by atoms with van der Waals surface area (Å²) in [5, 5.41) is 22.3. The van der Waals surface area contributed by atoms with E-state index in [4.69, 9.17) is 15.9 Å². The van der Waals surface area contributed by atoms with Crippen molar-refractivity contribution in [3.8, 4) is 0 Å². The van der Waals surface area contributed by atoms with Crippen molar-refractivity contribution in [2.45, 2.75) is 83.2 Å². The molecule has 0 unspecified atom stereocenters. The van der Waals surface area contributed by atoms with Gasteiger partial charge in [-0.3, -0.25) is 19.2 Å². The summed E-state index contributed by atoms with van der Waals surface area (Å²) in [7, 11) is 0. The minimum absolute atomic E-state index is 0.0456. The van der Waals surface area contributed by atoms with E-state index in [-0.39, 0.29) is 12.8 Å². The number of rotatable bonds is 19. The van der Waals surface area contributed by atoms with Gasteiger partial charge in [-0.15, -0.1) is 0 Å². The van der Waals surface area contributed by atoms with Crippen LogP contribution in [0.1, 0.15) is 71.1 Å². The predicted molar refractivity (Wildman–Crippen MR) is 117 cm³/mol. The lowest BCUT2D eigenvalue weighted by Gasteiger charge is -2.18. The summed E-state index contributed by atoms with van der Waals surface area (Å²) < 4.78 is 0. The Morgan fingerprint density at radius 3 is 2.13 bits per heavy atom. The van der Waals surface area contributed by atoms with Crippen LogP contribution in [0.2, 0.25) is 0 Å². The first kappa shape index (κ1) is 28.2. The Morgan fingerprint density at radius 2 is 1.57 bits per heavy atom. The van der Waals surface area contributed by atoms with E-state index in [2.05, 4.69) is 17.6 Å². The third kappa shape index (κ3) is 16.0. The summed E-state index contributed by atoms with van der Waals surface area (Å²) in [5.74, 6) is -2.27. The predicted octanol–water partition coefficient (Wildman–Crippen LogP) is 1.74. The fourth-order valence-electron chi connectivity index (χ4n) is 2.68. The van der Waals surface area contributed by atoms with Gasteiger partial charge in [0.25, 0.3) is 0 Å². The van der Waals surface area contributed by atoms with E-state index in [9.17, 15) is 19.2 Å². The molecular formula is C20H37N3O6S. The molecule has 0 fully saturated rings. The van der Waals surface area contributed by atoms with Gasteiger partial charge < -0.3 is 26.6 Å². The van der Waals surface area contributed by atoms with Crippen molar-refractivity contribution < 1.29 is 29.4 Å². The van der Waals surface area contributed by atoms with Crippen molar-refractivity contribution in [3.05, 3.63) is 0 Å². The lowest BCUT2D eigenvalue weighted by Crippen LogP contribution is -2.49. The molecule has 9 nitrogen and oxygen atoms in total. The van der Waals surface area contributed by atoms with Gasteiger partial charge in [0.1, 0.15) is 18.6 Å². The molecule has 0 rings (SSSR count). The second-order valence-electron chi connectivity index (χ2n) is 7.26. The highest BCUT2D eigenvalue weighted by atomic mass is 32.2. The number of nitrogens with two attached hydrogens (primary N) is 1. The van der Waals surface area contributed by atoms with E-state index in [1.165, 1.54) is 50.3 Å². The molecule has 6 N–H and O–H groups in total. The fraction of sp³-hybridized carbons (Fsp3) is 0.800. The first-order valence-corrected chi connectivity index (χ1v) is 11.8. The minimum atomic E-state index is -1.19. The number of carbonyl (C=O) groups excluding carboxylic acids is 2. The molecule has 0 aliphatic heterocycles. The Balaban J connectivity index is 4.27. The van der Waals surface area contributed by atoms with Crippen molar-refractivity contribution >= 4 is 35.5 Å². The summed E-state index contributed by atoms with van der Waals surface area (Å²) in [6.45, 7) is 1.66. The van der Waals surface area contributed by atoms with Crippen molar-refractivity contribution in [2.75, 3.05) is 18.1 Å². The number of unbranched alkanes of at least 4 members (excludes halogenated alkanes) is 7. The number of carbonyl (C=O) groups is 4. The van der Waals surface area contributed by atoms with Crippen molar-refractivity contribution in [2.24, 2.45) is 5.73 Å². The Labute approximate surface area is 182 Å². The molecule has 0 heterocycles. The summed E-state index contributed by atoms with van der Waals surface area (Å²) >= 11 is 1.53. The monoisotopic (exact) mass is 447 g/mol. The second kappa shape index (κ2) is 18.0.